The van der Waals surface area contributed by atoms with Crippen molar-refractivity contribution in [1.29, 1.82) is 0 Å². The number of rotatable bonds is 5. The smallest absolute Gasteiger partial charge is 0.357 e. The fraction of sp³-hybridized carbons (Fsp3) is 0.579. The Morgan fingerprint density at radius 1 is 1.21 bits per heavy atom. The number of carbonyl (C=O) groups is 1. The Bertz CT molecular complexity index is 689. The average molecular weight is 527 g/mol. The zero-order chi connectivity index (χ0) is 20.7. The molecule has 0 saturated carbocycles. The van der Waals surface area contributed by atoms with Gasteiger partial charge in [-0.25, -0.2) is 4.99 Å². The number of piperazine rings is 1. The van der Waals surface area contributed by atoms with Crippen LogP contribution in [-0.2, 0) is 17.5 Å². The third kappa shape index (κ3) is 8.00. The summed E-state index contributed by atoms with van der Waals surface area (Å²) in [6, 6.07) is 5.48. The van der Waals surface area contributed by atoms with Gasteiger partial charge in [-0.3, -0.25) is 9.69 Å². The van der Waals surface area contributed by atoms with Gasteiger partial charge in [0.25, 0.3) is 0 Å². The van der Waals surface area contributed by atoms with Crippen LogP contribution in [0.3, 0.4) is 0 Å². The molecule has 0 aromatic heterocycles. The second-order valence-corrected chi connectivity index (χ2v) is 6.92. The van der Waals surface area contributed by atoms with Crippen molar-refractivity contribution in [2.45, 2.75) is 19.6 Å². The van der Waals surface area contributed by atoms with E-state index in [0.717, 1.165) is 6.07 Å². The van der Waals surface area contributed by atoms with E-state index >= 15 is 0 Å². The standard InChI is InChI=1S/C19H28F3N5O.HI/c1-4-23-18(24-13-17(28)25(2)3)27-10-8-26(9-11-27)14-15-6-5-7-16(12-15)19(20,21)22;/h5-7,12H,4,8-11,13-14H2,1-3H3,(H,23,24);1H. The highest BCUT2D eigenvalue weighted by Gasteiger charge is 2.30. The van der Waals surface area contributed by atoms with Crippen LogP contribution < -0.4 is 5.32 Å². The molecule has 164 valence electrons. The fourth-order valence-corrected chi connectivity index (χ4v) is 2.93. The molecule has 0 spiro atoms. The predicted molar refractivity (Wildman–Crippen MR) is 118 cm³/mol. The van der Waals surface area contributed by atoms with Gasteiger partial charge in [-0.15, -0.1) is 24.0 Å². The summed E-state index contributed by atoms with van der Waals surface area (Å²) in [7, 11) is 3.38. The van der Waals surface area contributed by atoms with Crippen LogP contribution >= 0.6 is 24.0 Å². The first kappa shape index (κ1) is 25.5. The van der Waals surface area contributed by atoms with Crippen molar-refractivity contribution < 1.29 is 18.0 Å². The maximum atomic E-state index is 12.9. The summed E-state index contributed by atoms with van der Waals surface area (Å²) in [6.45, 7) is 6.03. The molecule has 1 N–H and O–H groups in total. The lowest BCUT2D eigenvalue weighted by Crippen LogP contribution is -2.52. The number of alkyl halides is 3. The molecule has 2 rings (SSSR count). The minimum atomic E-state index is -4.32. The average Bonchev–Trinajstić information content (AvgIpc) is 2.65. The van der Waals surface area contributed by atoms with E-state index in [1.54, 1.807) is 20.2 Å². The van der Waals surface area contributed by atoms with Gasteiger partial charge in [-0.2, -0.15) is 13.2 Å². The van der Waals surface area contributed by atoms with Gasteiger partial charge in [0.05, 0.1) is 5.56 Å². The van der Waals surface area contributed by atoms with Gasteiger partial charge in [0.2, 0.25) is 5.91 Å². The van der Waals surface area contributed by atoms with E-state index in [4.69, 9.17) is 0 Å². The van der Waals surface area contributed by atoms with Gasteiger partial charge < -0.3 is 15.1 Å². The summed E-state index contributed by atoms with van der Waals surface area (Å²) in [6.07, 6.45) is -4.32. The van der Waals surface area contributed by atoms with Crippen molar-refractivity contribution >= 4 is 35.8 Å². The Kier molecular flexibility index (Phi) is 10.2. The summed E-state index contributed by atoms with van der Waals surface area (Å²) in [4.78, 5) is 21.9. The summed E-state index contributed by atoms with van der Waals surface area (Å²) < 4.78 is 38.6. The molecular weight excluding hydrogens is 498 g/mol. The number of benzene rings is 1. The molecule has 1 amide bonds. The molecule has 0 atom stereocenters. The minimum absolute atomic E-state index is 0. The number of carbonyl (C=O) groups excluding carboxylic acids is 1. The lowest BCUT2D eigenvalue weighted by Gasteiger charge is -2.36. The van der Waals surface area contributed by atoms with Crippen LogP contribution in [0.5, 0.6) is 0 Å². The van der Waals surface area contributed by atoms with Gasteiger partial charge in [-0.1, -0.05) is 18.2 Å². The van der Waals surface area contributed by atoms with Crippen molar-refractivity contribution in [2.75, 3.05) is 53.4 Å². The Hall–Kier alpha value is -1.56. The Balaban J connectivity index is 0.00000420. The van der Waals surface area contributed by atoms with E-state index in [9.17, 15) is 18.0 Å². The van der Waals surface area contributed by atoms with E-state index < -0.39 is 11.7 Å². The molecule has 1 aromatic rings. The monoisotopic (exact) mass is 527 g/mol. The summed E-state index contributed by atoms with van der Waals surface area (Å²) in [5, 5.41) is 3.20. The van der Waals surface area contributed by atoms with Crippen molar-refractivity contribution in [3.8, 4) is 0 Å². The molecule has 0 bridgehead atoms. The Morgan fingerprint density at radius 3 is 2.41 bits per heavy atom. The quantitative estimate of drug-likeness (QED) is 0.364. The first-order valence-electron chi connectivity index (χ1n) is 9.32. The highest BCUT2D eigenvalue weighted by molar-refractivity contribution is 14.0. The lowest BCUT2D eigenvalue weighted by atomic mass is 10.1. The second-order valence-electron chi connectivity index (χ2n) is 6.92. The van der Waals surface area contributed by atoms with E-state index in [1.807, 2.05) is 6.92 Å². The highest BCUT2D eigenvalue weighted by atomic mass is 127. The normalized spacial score (nSPS) is 15.7. The van der Waals surface area contributed by atoms with Gasteiger partial charge in [0.1, 0.15) is 6.54 Å². The Labute approximate surface area is 187 Å². The van der Waals surface area contributed by atoms with Crippen molar-refractivity contribution in [2.24, 2.45) is 4.99 Å². The number of nitrogens with zero attached hydrogens (tertiary/aromatic N) is 4. The predicted octanol–water partition coefficient (Wildman–Crippen LogP) is 2.49. The topological polar surface area (TPSA) is 51.2 Å². The van der Waals surface area contributed by atoms with E-state index in [2.05, 4.69) is 20.1 Å². The molecule has 1 aromatic carbocycles. The van der Waals surface area contributed by atoms with Gasteiger partial charge in [0.15, 0.2) is 5.96 Å². The highest BCUT2D eigenvalue weighted by Crippen LogP contribution is 2.29. The van der Waals surface area contributed by atoms with Gasteiger partial charge in [-0.05, 0) is 18.6 Å². The van der Waals surface area contributed by atoms with E-state index in [-0.39, 0.29) is 36.4 Å². The zero-order valence-electron chi connectivity index (χ0n) is 17.0. The molecule has 10 heteroatoms. The van der Waals surface area contributed by atoms with Crippen molar-refractivity contribution in [3.05, 3.63) is 35.4 Å². The molecule has 1 heterocycles. The Morgan fingerprint density at radius 2 is 1.86 bits per heavy atom. The van der Waals surface area contributed by atoms with Crippen molar-refractivity contribution in [3.63, 3.8) is 0 Å². The molecule has 1 saturated heterocycles. The minimum Gasteiger partial charge on any atom is -0.357 e. The van der Waals surface area contributed by atoms with E-state index in [1.165, 1.54) is 17.0 Å². The van der Waals surface area contributed by atoms with E-state index in [0.29, 0.717) is 50.8 Å². The fourth-order valence-electron chi connectivity index (χ4n) is 2.93. The molecule has 1 aliphatic rings. The second kappa shape index (κ2) is 11.6. The number of nitrogens with one attached hydrogen (secondary N) is 1. The molecule has 0 unspecified atom stereocenters. The first-order valence-corrected chi connectivity index (χ1v) is 9.32. The van der Waals surface area contributed by atoms with Crippen LogP contribution in [0.2, 0.25) is 0 Å². The number of hydrogen-bond acceptors (Lipinski definition) is 3. The molecule has 6 nitrogen and oxygen atoms in total. The third-order valence-corrected chi connectivity index (χ3v) is 4.53. The molecule has 29 heavy (non-hydrogen) atoms. The summed E-state index contributed by atoms with van der Waals surface area (Å²) >= 11 is 0. The number of likely N-dealkylation sites (N-methyl/N-ethyl adjacent to an activating group) is 1. The maximum Gasteiger partial charge on any atom is 0.416 e. The third-order valence-electron chi connectivity index (χ3n) is 4.53. The largest absolute Gasteiger partial charge is 0.416 e. The SMILES string of the molecule is CCNC(=NCC(=O)N(C)C)N1CCN(Cc2cccc(C(F)(F)F)c2)CC1.I. The zero-order valence-corrected chi connectivity index (χ0v) is 19.3. The maximum absolute atomic E-state index is 12.9. The van der Waals surface area contributed by atoms with Gasteiger partial charge >= 0.3 is 6.18 Å². The van der Waals surface area contributed by atoms with Gasteiger partial charge in [0, 0.05) is 53.4 Å². The van der Waals surface area contributed by atoms with Crippen LogP contribution in [0.15, 0.2) is 29.3 Å². The van der Waals surface area contributed by atoms with Crippen LogP contribution in [0.1, 0.15) is 18.1 Å². The number of amides is 1. The molecule has 0 aliphatic carbocycles. The molecule has 0 radical (unpaired) electrons. The molecule has 1 aliphatic heterocycles. The number of aliphatic imine (C=N–C) groups is 1. The number of hydrogen-bond donors (Lipinski definition) is 1. The summed E-state index contributed by atoms with van der Waals surface area (Å²) in [5.41, 5.74) is 0.0381. The molecular formula is C19H29F3IN5O. The van der Waals surface area contributed by atoms with Crippen LogP contribution in [-0.4, -0.2) is 79.9 Å². The molecule has 1 fully saturated rings. The van der Waals surface area contributed by atoms with Crippen molar-refractivity contribution in [1.82, 2.24) is 20.0 Å². The lowest BCUT2D eigenvalue weighted by molar-refractivity contribution is -0.137. The van der Waals surface area contributed by atoms with Crippen LogP contribution in [0.4, 0.5) is 13.2 Å². The number of halogens is 4. The van der Waals surface area contributed by atoms with Crippen LogP contribution in [0, 0.1) is 0 Å². The van der Waals surface area contributed by atoms with Crippen LogP contribution in [0.25, 0.3) is 0 Å². The summed E-state index contributed by atoms with van der Waals surface area (Å²) in [5.74, 6) is 0.620. The number of guanidine groups is 1. The first-order chi connectivity index (χ1) is 13.2.